The maximum Gasteiger partial charge on any atom is 0.0752 e. The summed E-state index contributed by atoms with van der Waals surface area (Å²) in [4.78, 5) is 4.48. The van der Waals surface area contributed by atoms with E-state index in [0.717, 1.165) is 27.2 Å². The van der Waals surface area contributed by atoms with Crippen LogP contribution >= 0.6 is 11.6 Å². The number of nitrogens with zero attached hydrogens (tertiary/aromatic N) is 1. The predicted octanol–water partition coefficient (Wildman–Crippen LogP) is 4.86. The van der Waals surface area contributed by atoms with Gasteiger partial charge in [-0.1, -0.05) is 48.0 Å². The Morgan fingerprint density at radius 2 is 1.78 bits per heavy atom. The number of hydrogen-bond acceptors (Lipinski definition) is 1. The molecule has 2 aromatic carbocycles. The van der Waals surface area contributed by atoms with Crippen molar-refractivity contribution in [1.29, 1.82) is 0 Å². The standard InChI is InChI=1S/C16H12ClN/c1-11-5-4-10-18-16(11)15-13-7-3-2-6-12(13)8-9-14(15)17/h2-10H,1H3. The van der Waals surface area contributed by atoms with Crippen LogP contribution in [0.25, 0.3) is 22.0 Å². The van der Waals surface area contributed by atoms with Crippen LogP contribution in [0.2, 0.25) is 5.02 Å². The predicted molar refractivity (Wildman–Crippen MR) is 76.9 cm³/mol. The van der Waals surface area contributed by atoms with Gasteiger partial charge in [0.25, 0.3) is 0 Å². The van der Waals surface area contributed by atoms with Crippen LogP contribution in [-0.4, -0.2) is 4.98 Å². The van der Waals surface area contributed by atoms with Gasteiger partial charge < -0.3 is 0 Å². The maximum atomic E-state index is 6.37. The summed E-state index contributed by atoms with van der Waals surface area (Å²) in [5, 5.41) is 3.07. The molecule has 0 aliphatic rings. The summed E-state index contributed by atoms with van der Waals surface area (Å²) < 4.78 is 0. The van der Waals surface area contributed by atoms with Crippen LogP contribution in [-0.2, 0) is 0 Å². The lowest BCUT2D eigenvalue weighted by atomic mass is 9.99. The molecule has 0 saturated carbocycles. The molecular formula is C16H12ClN. The number of rotatable bonds is 1. The van der Waals surface area contributed by atoms with Crippen molar-refractivity contribution in [1.82, 2.24) is 4.98 Å². The van der Waals surface area contributed by atoms with Crippen molar-refractivity contribution in [2.45, 2.75) is 6.92 Å². The molecule has 1 heterocycles. The van der Waals surface area contributed by atoms with Gasteiger partial charge in [0.05, 0.1) is 10.7 Å². The van der Waals surface area contributed by atoms with Gasteiger partial charge in [-0.15, -0.1) is 0 Å². The molecule has 0 spiro atoms. The van der Waals surface area contributed by atoms with Crippen LogP contribution < -0.4 is 0 Å². The molecule has 3 aromatic rings. The molecule has 0 unspecified atom stereocenters. The van der Waals surface area contributed by atoms with E-state index in [2.05, 4.69) is 30.1 Å². The fourth-order valence-electron chi connectivity index (χ4n) is 2.23. The quantitative estimate of drug-likeness (QED) is 0.603. The van der Waals surface area contributed by atoms with Gasteiger partial charge in [-0.3, -0.25) is 4.98 Å². The van der Waals surface area contributed by atoms with E-state index in [1.54, 1.807) is 6.20 Å². The highest BCUT2D eigenvalue weighted by molar-refractivity contribution is 6.35. The molecular weight excluding hydrogens is 242 g/mol. The average molecular weight is 254 g/mol. The van der Waals surface area contributed by atoms with E-state index in [4.69, 9.17) is 11.6 Å². The molecule has 0 bridgehead atoms. The zero-order valence-electron chi connectivity index (χ0n) is 10.0. The van der Waals surface area contributed by atoms with Crippen molar-refractivity contribution in [3.05, 3.63) is 65.3 Å². The zero-order chi connectivity index (χ0) is 12.5. The van der Waals surface area contributed by atoms with Gasteiger partial charge in [0, 0.05) is 11.8 Å². The average Bonchev–Trinajstić information content (AvgIpc) is 2.40. The largest absolute Gasteiger partial charge is 0.256 e. The molecule has 1 aromatic heterocycles. The Kier molecular flexibility index (Phi) is 2.77. The van der Waals surface area contributed by atoms with Crippen LogP contribution in [0.5, 0.6) is 0 Å². The molecule has 0 saturated heterocycles. The summed E-state index contributed by atoms with van der Waals surface area (Å²) >= 11 is 6.37. The lowest BCUT2D eigenvalue weighted by Gasteiger charge is -2.10. The summed E-state index contributed by atoms with van der Waals surface area (Å²) in [6.07, 6.45) is 1.81. The number of aryl methyl sites for hydroxylation is 1. The maximum absolute atomic E-state index is 6.37. The van der Waals surface area contributed by atoms with Crippen molar-refractivity contribution >= 4 is 22.4 Å². The minimum atomic E-state index is 0.746. The van der Waals surface area contributed by atoms with Crippen LogP contribution in [0.1, 0.15) is 5.56 Å². The van der Waals surface area contributed by atoms with Crippen molar-refractivity contribution in [2.75, 3.05) is 0 Å². The van der Waals surface area contributed by atoms with E-state index < -0.39 is 0 Å². The first kappa shape index (κ1) is 11.2. The molecule has 0 amide bonds. The third-order valence-electron chi connectivity index (χ3n) is 3.12. The number of aromatic nitrogens is 1. The van der Waals surface area contributed by atoms with Crippen LogP contribution in [0.3, 0.4) is 0 Å². The Bertz CT molecular complexity index is 719. The second-order valence-electron chi connectivity index (χ2n) is 4.31. The van der Waals surface area contributed by atoms with Gasteiger partial charge >= 0.3 is 0 Å². The summed E-state index contributed by atoms with van der Waals surface area (Å²) in [6.45, 7) is 2.06. The molecule has 0 N–H and O–H groups in total. The monoisotopic (exact) mass is 253 g/mol. The Hall–Kier alpha value is -1.86. The van der Waals surface area contributed by atoms with Crippen LogP contribution in [0.4, 0.5) is 0 Å². The first-order valence-electron chi connectivity index (χ1n) is 5.86. The molecule has 88 valence electrons. The van der Waals surface area contributed by atoms with Crippen molar-refractivity contribution < 1.29 is 0 Å². The molecule has 0 aliphatic heterocycles. The van der Waals surface area contributed by atoms with E-state index >= 15 is 0 Å². The molecule has 0 fully saturated rings. The summed E-state index contributed by atoms with van der Waals surface area (Å²) in [5.41, 5.74) is 3.11. The zero-order valence-corrected chi connectivity index (χ0v) is 10.8. The Balaban J connectivity index is 2.42. The van der Waals surface area contributed by atoms with Gasteiger partial charge in [-0.05, 0) is 35.4 Å². The first-order chi connectivity index (χ1) is 8.77. The van der Waals surface area contributed by atoms with Gasteiger partial charge in [0.15, 0.2) is 0 Å². The molecule has 2 heteroatoms. The number of benzene rings is 2. The van der Waals surface area contributed by atoms with Crippen LogP contribution in [0, 0.1) is 6.92 Å². The number of fused-ring (bicyclic) bond motifs is 1. The molecule has 3 rings (SSSR count). The highest BCUT2D eigenvalue weighted by atomic mass is 35.5. The summed E-state index contributed by atoms with van der Waals surface area (Å²) in [5.74, 6) is 0. The second-order valence-corrected chi connectivity index (χ2v) is 4.72. The van der Waals surface area contributed by atoms with Crippen LogP contribution in [0.15, 0.2) is 54.7 Å². The third kappa shape index (κ3) is 1.77. The third-order valence-corrected chi connectivity index (χ3v) is 3.44. The molecule has 0 aliphatic carbocycles. The Morgan fingerprint density at radius 3 is 2.61 bits per heavy atom. The molecule has 1 nitrogen and oxygen atoms in total. The highest BCUT2D eigenvalue weighted by Crippen LogP contribution is 2.35. The summed E-state index contributed by atoms with van der Waals surface area (Å²) in [6, 6.07) is 16.2. The second kappa shape index (κ2) is 4.43. The van der Waals surface area contributed by atoms with Gasteiger partial charge in [-0.25, -0.2) is 0 Å². The molecule has 18 heavy (non-hydrogen) atoms. The number of hydrogen-bond donors (Lipinski definition) is 0. The van der Waals surface area contributed by atoms with E-state index in [9.17, 15) is 0 Å². The Labute approximate surface area is 111 Å². The SMILES string of the molecule is Cc1cccnc1-c1c(Cl)ccc2ccccc12. The lowest BCUT2D eigenvalue weighted by molar-refractivity contribution is 1.28. The first-order valence-corrected chi connectivity index (χ1v) is 6.24. The van der Waals surface area contributed by atoms with Gasteiger partial charge in [0.2, 0.25) is 0 Å². The fourth-order valence-corrected chi connectivity index (χ4v) is 2.49. The van der Waals surface area contributed by atoms with E-state index in [1.807, 2.05) is 30.3 Å². The highest BCUT2D eigenvalue weighted by Gasteiger charge is 2.11. The fraction of sp³-hybridized carbons (Fsp3) is 0.0625. The van der Waals surface area contributed by atoms with Gasteiger partial charge in [-0.2, -0.15) is 0 Å². The van der Waals surface area contributed by atoms with Gasteiger partial charge in [0.1, 0.15) is 0 Å². The molecule has 0 radical (unpaired) electrons. The minimum Gasteiger partial charge on any atom is -0.256 e. The molecule has 0 atom stereocenters. The summed E-state index contributed by atoms with van der Waals surface area (Å²) in [7, 11) is 0. The van der Waals surface area contributed by atoms with Crippen molar-refractivity contribution in [2.24, 2.45) is 0 Å². The van der Waals surface area contributed by atoms with Crippen molar-refractivity contribution in [3.63, 3.8) is 0 Å². The Morgan fingerprint density at radius 1 is 0.944 bits per heavy atom. The number of pyridine rings is 1. The van der Waals surface area contributed by atoms with E-state index in [-0.39, 0.29) is 0 Å². The van der Waals surface area contributed by atoms with Crippen molar-refractivity contribution in [3.8, 4) is 11.3 Å². The minimum absolute atomic E-state index is 0.746. The smallest absolute Gasteiger partial charge is 0.0752 e. The van der Waals surface area contributed by atoms with E-state index in [1.165, 1.54) is 5.39 Å². The topological polar surface area (TPSA) is 12.9 Å². The normalized spacial score (nSPS) is 10.8. The number of halogens is 1. The van der Waals surface area contributed by atoms with E-state index in [0.29, 0.717) is 0 Å². The lowest BCUT2D eigenvalue weighted by Crippen LogP contribution is -1.90.